The van der Waals surface area contributed by atoms with Crippen molar-refractivity contribution in [1.82, 2.24) is 10.2 Å². The molecule has 0 radical (unpaired) electrons. The van der Waals surface area contributed by atoms with Crippen LogP contribution in [0.1, 0.15) is 31.6 Å². The molecule has 1 aliphatic heterocycles. The molecule has 2 heterocycles. The highest BCUT2D eigenvalue weighted by Crippen LogP contribution is 2.29. The van der Waals surface area contributed by atoms with Gasteiger partial charge in [0.2, 0.25) is 0 Å². The van der Waals surface area contributed by atoms with Crippen LogP contribution in [0.3, 0.4) is 0 Å². The Balaban J connectivity index is 1.71. The van der Waals surface area contributed by atoms with E-state index in [1.807, 2.05) is 12.1 Å². The van der Waals surface area contributed by atoms with E-state index in [4.69, 9.17) is 4.42 Å². The molecule has 114 valence electrons. The van der Waals surface area contributed by atoms with Gasteiger partial charge in [0.1, 0.15) is 11.3 Å². The van der Waals surface area contributed by atoms with Crippen LogP contribution >= 0.6 is 15.9 Å². The molecular formula is C17H23BrN2O. The lowest BCUT2D eigenvalue weighted by atomic mass is 9.98. The largest absolute Gasteiger partial charge is 0.459 e. The Morgan fingerprint density at radius 1 is 1.43 bits per heavy atom. The summed E-state index contributed by atoms with van der Waals surface area (Å²) in [5.41, 5.74) is 0.966. The number of nitrogens with one attached hydrogen (secondary N) is 1. The standard InChI is InChI=1S/C17H23BrN2O/c1-12(20(2)11-13-4-3-7-19-10-13)17-9-14-8-15(18)5-6-16(14)21-17/h5-6,8-9,12-13,19H,3-4,7,10-11H2,1-2H3. The fourth-order valence-corrected chi connectivity index (χ4v) is 3.48. The Bertz CT molecular complexity index is 604. The smallest absolute Gasteiger partial charge is 0.134 e. The Labute approximate surface area is 134 Å². The van der Waals surface area contributed by atoms with Crippen LogP contribution in [0.5, 0.6) is 0 Å². The molecule has 2 aromatic rings. The predicted octanol–water partition coefficient (Wildman–Crippen LogP) is 4.19. The topological polar surface area (TPSA) is 28.4 Å². The number of hydrogen-bond acceptors (Lipinski definition) is 3. The van der Waals surface area contributed by atoms with Crippen molar-refractivity contribution in [2.75, 3.05) is 26.7 Å². The highest BCUT2D eigenvalue weighted by Gasteiger charge is 2.21. The van der Waals surface area contributed by atoms with Crippen LogP contribution in [-0.2, 0) is 0 Å². The second kappa shape index (κ2) is 6.51. The number of nitrogens with zero attached hydrogens (tertiary/aromatic N) is 1. The Kier molecular flexibility index (Phi) is 4.67. The van der Waals surface area contributed by atoms with Gasteiger partial charge in [-0.05, 0) is 70.1 Å². The molecule has 1 fully saturated rings. The van der Waals surface area contributed by atoms with Gasteiger partial charge in [0.05, 0.1) is 6.04 Å². The maximum absolute atomic E-state index is 6.02. The minimum absolute atomic E-state index is 0.304. The molecule has 0 spiro atoms. The van der Waals surface area contributed by atoms with Crippen LogP contribution in [0.25, 0.3) is 11.0 Å². The lowest BCUT2D eigenvalue weighted by Crippen LogP contribution is -2.37. The molecule has 4 heteroatoms. The molecule has 3 nitrogen and oxygen atoms in total. The Morgan fingerprint density at radius 2 is 2.29 bits per heavy atom. The summed E-state index contributed by atoms with van der Waals surface area (Å²) < 4.78 is 7.11. The zero-order valence-electron chi connectivity index (χ0n) is 12.7. The number of piperidine rings is 1. The lowest BCUT2D eigenvalue weighted by molar-refractivity contribution is 0.183. The van der Waals surface area contributed by atoms with Crippen LogP contribution in [0.2, 0.25) is 0 Å². The van der Waals surface area contributed by atoms with E-state index < -0.39 is 0 Å². The molecule has 2 atom stereocenters. The highest BCUT2D eigenvalue weighted by atomic mass is 79.9. The van der Waals surface area contributed by atoms with E-state index in [9.17, 15) is 0 Å². The number of benzene rings is 1. The van der Waals surface area contributed by atoms with Gasteiger partial charge in [-0.3, -0.25) is 4.90 Å². The van der Waals surface area contributed by atoms with Gasteiger partial charge in [-0.2, -0.15) is 0 Å². The van der Waals surface area contributed by atoms with E-state index in [0.29, 0.717) is 6.04 Å². The molecule has 3 rings (SSSR count). The number of rotatable bonds is 4. The summed E-state index contributed by atoms with van der Waals surface area (Å²) in [5, 5.41) is 4.66. The molecule has 0 amide bonds. The number of hydrogen-bond donors (Lipinski definition) is 1. The number of fused-ring (bicyclic) bond motifs is 1. The minimum atomic E-state index is 0.304. The Hall–Kier alpha value is -0.840. The van der Waals surface area contributed by atoms with Crippen molar-refractivity contribution < 1.29 is 4.42 Å². The van der Waals surface area contributed by atoms with E-state index in [1.54, 1.807) is 0 Å². The average molecular weight is 351 g/mol. The van der Waals surface area contributed by atoms with Crippen molar-refractivity contribution in [2.45, 2.75) is 25.8 Å². The molecular weight excluding hydrogens is 328 g/mol. The van der Waals surface area contributed by atoms with E-state index in [2.05, 4.69) is 52.3 Å². The monoisotopic (exact) mass is 350 g/mol. The normalized spacial score (nSPS) is 21.0. The summed E-state index contributed by atoms with van der Waals surface area (Å²) in [5.74, 6) is 1.80. The number of furan rings is 1. The van der Waals surface area contributed by atoms with Crippen molar-refractivity contribution in [3.8, 4) is 0 Å². The first-order chi connectivity index (χ1) is 10.1. The quantitative estimate of drug-likeness (QED) is 0.896. The maximum Gasteiger partial charge on any atom is 0.134 e. The van der Waals surface area contributed by atoms with E-state index in [1.165, 1.54) is 24.8 Å². The maximum atomic E-state index is 6.02. The first kappa shape index (κ1) is 15.1. The fraction of sp³-hybridized carbons (Fsp3) is 0.529. The molecule has 1 aliphatic rings. The summed E-state index contributed by atoms with van der Waals surface area (Å²) in [6.07, 6.45) is 2.63. The van der Waals surface area contributed by atoms with Gasteiger partial charge in [0, 0.05) is 16.4 Å². The Morgan fingerprint density at radius 3 is 3.05 bits per heavy atom. The second-order valence-electron chi connectivity index (χ2n) is 6.16. The molecule has 1 N–H and O–H groups in total. The van der Waals surface area contributed by atoms with Crippen LogP contribution in [0, 0.1) is 5.92 Å². The predicted molar refractivity (Wildman–Crippen MR) is 90.6 cm³/mol. The van der Waals surface area contributed by atoms with E-state index in [-0.39, 0.29) is 0 Å². The lowest BCUT2D eigenvalue weighted by Gasteiger charge is -2.30. The summed E-state index contributed by atoms with van der Waals surface area (Å²) >= 11 is 3.51. The van der Waals surface area contributed by atoms with Crippen molar-refractivity contribution in [2.24, 2.45) is 5.92 Å². The summed E-state index contributed by atoms with van der Waals surface area (Å²) in [6.45, 7) is 5.66. The highest BCUT2D eigenvalue weighted by molar-refractivity contribution is 9.10. The zero-order chi connectivity index (χ0) is 14.8. The molecule has 0 aliphatic carbocycles. The second-order valence-corrected chi connectivity index (χ2v) is 7.07. The third kappa shape index (κ3) is 3.50. The average Bonchev–Trinajstić information content (AvgIpc) is 2.90. The van der Waals surface area contributed by atoms with E-state index >= 15 is 0 Å². The van der Waals surface area contributed by atoms with Gasteiger partial charge in [0.15, 0.2) is 0 Å². The van der Waals surface area contributed by atoms with Crippen molar-refractivity contribution >= 4 is 26.9 Å². The van der Waals surface area contributed by atoms with Gasteiger partial charge in [-0.25, -0.2) is 0 Å². The van der Waals surface area contributed by atoms with Crippen LogP contribution < -0.4 is 5.32 Å². The van der Waals surface area contributed by atoms with Crippen molar-refractivity contribution in [1.29, 1.82) is 0 Å². The molecule has 21 heavy (non-hydrogen) atoms. The van der Waals surface area contributed by atoms with Crippen molar-refractivity contribution in [3.05, 3.63) is 34.5 Å². The molecule has 2 unspecified atom stereocenters. The number of halogens is 1. The third-order valence-electron chi connectivity index (χ3n) is 4.52. The summed E-state index contributed by atoms with van der Waals surface area (Å²) in [6, 6.07) is 8.64. The summed E-state index contributed by atoms with van der Waals surface area (Å²) in [7, 11) is 2.20. The zero-order valence-corrected chi connectivity index (χ0v) is 14.3. The van der Waals surface area contributed by atoms with Crippen LogP contribution in [0.15, 0.2) is 33.2 Å². The van der Waals surface area contributed by atoms with E-state index in [0.717, 1.165) is 34.8 Å². The van der Waals surface area contributed by atoms with Gasteiger partial charge in [-0.1, -0.05) is 15.9 Å². The molecule has 1 aromatic heterocycles. The third-order valence-corrected chi connectivity index (χ3v) is 5.01. The molecule has 1 saturated heterocycles. The van der Waals surface area contributed by atoms with Crippen molar-refractivity contribution in [3.63, 3.8) is 0 Å². The summed E-state index contributed by atoms with van der Waals surface area (Å²) in [4.78, 5) is 2.41. The first-order valence-corrected chi connectivity index (χ1v) is 8.53. The molecule has 0 bridgehead atoms. The van der Waals surface area contributed by atoms with Gasteiger partial charge in [0.25, 0.3) is 0 Å². The fourth-order valence-electron chi connectivity index (χ4n) is 3.10. The van der Waals surface area contributed by atoms with Gasteiger partial charge < -0.3 is 9.73 Å². The van der Waals surface area contributed by atoms with Gasteiger partial charge >= 0.3 is 0 Å². The first-order valence-electron chi connectivity index (χ1n) is 7.73. The molecule has 0 saturated carbocycles. The van der Waals surface area contributed by atoms with Crippen LogP contribution in [-0.4, -0.2) is 31.6 Å². The SMILES string of the molecule is CC(c1cc2cc(Br)ccc2o1)N(C)CC1CCCNC1. The van der Waals surface area contributed by atoms with Crippen LogP contribution in [0.4, 0.5) is 0 Å². The molecule has 1 aromatic carbocycles. The minimum Gasteiger partial charge on any atom is -0.459 e. The van der Waals surface area contributed by atoms with Gasteiger partial charge in [-0.15, -0.1) is 0 Å².